The fraction of sp³-hybridized carbons (Fsp3) is 0.579. The van der Waals surface area contributed by atoms with Crippen LogP contribution in [-0.4, -0.2) is 60.4 Å². The predicted octanol–water partition coefficient (Wildman–Crippen LogP) is 0.934. The number of rotatable bonds is 3. The molecular formula is C19H25N3O3. The summed E-state index contributed by atoms with van der Waals surface area (Å²) in [5.41, 5.74) is 2.62. The smallest absolute Gasteiger partial charge is 0.245 e. The molecule has 1 N–H and O–H groups in total. The van der Waals surface area contributed by atoms with Crippen LogP contribution in [0.3, 0.4) is 0 Å². The van der Waals surface area contributed by atoms with E-state index in [2.05, 4.69) is 28.4 Å². The van der Waals surface area contributed by atoms with E-state index in [1.165, 1.54) is 11.1 Å². The molecule has 0 saturated carbocycles. The molecule has 0 bridgehead atoms. The van der Waals surface area contributed by atoms with Crippen LogP contribution in [0.2, 0.25) is 0 Å². The molecule has 1 aromatic rings. The van der Waals surface area contributed by atoms with Gasteiger partial charge in [0.2, 0.25) is 11.8 Å². The fourth-order valence-corrected chi connectivity index (χ4v) is 3.97. The molecule has 1 unspecified atom stereocenters. The van der Waals surface area contributed by atoms with Crippen molar-refractivity contribution >= 4 is 11.8 Å². The summed E-state index contributed by atoms with van der Waals surface area (Å²) in [6.07, 6.45) is 3.08. The maximum Gasteiger partial charge on any atom is 0.245 e. The van der Waals surface area contributed by atoms with Gasteiger partial charge in [-0.15, -0.1) is 0 Å². The lowest BCUT2D eigenvalue weighted by Crippen LogP contribution is -2.45. The molecule has 0 aliphatic carbocycles. The van der Waals surface area contributed by atoms with Crippen LogP contribution < -0.4 is 10.1 Å². The number of fused-ring (bicyclic) bond motifs is 1. The Morgan fingerprint density at radius 2 is 2.12 bits per heavy atom. The van der Waals surface area contributed by atoms with Gasteiger partial charge in [-0.3, -0.25) is 14.5 Å². The minimum Gasteiger partial charge on any atom is -0.493 e. The van der Waals surface area contributed by atoms with Crippen LogP contribution in [0, 0.1) is 0 Å². The van der Waals surface area contributed by atoms with Gasteiger partial charge in [0, 0.05) is 45.6 Å². The van der Waals surface area contributed by atoms with E-state index in [-0.39, 0.29) is 17.9 Å². The van der Waals surface area contributed by atoms with Crippen LogP contribution in [0.5, 0.6) is 5.75 Å². The first-order valence-electron chi connectivity index (χ1n) is 9.24. The highest BCUT2D eigenvalue weighted by Crippen LogP contribution is 2.26. The van der Waals surface area contributed by atoms with E-state index >= 15 is 0 Å². The van der Waals surface area contributed by atoms with Crippen molar-refractivity contribution in [1.82, 2.24) is 15.1 Å². The lowest BCUT2D eigenvalue weighted by Gasteiger charge is -2.24. The fourth-order valence-electron chi connectivity index (χ4n) is 3.97. The quantitative estimate of drug-likeness (QED) is 0.887. The van der Waals surface area contributed by atoms with Crippen molar-refractivity contribution in [3.63, 3.8) is 0 Å². The van der Waals surface area contributed by atoms with Crippen LogP contribution in [0.1, 0.15) is 30.4 Å². The Bertz CT molecular complexity index is 676. The van der Waals surface area contributed by atoms with Crippen molar-refractivity contribution in [3.05, 3.63) is 29.3 Å². The van der Waals surface area contributed by atoms with Gasteiger partial charge in [0.25, 0.3) is 0 Å². The summed E-state index contributed by atoms with van der Waals surface area (Å²) in [6, 6.07) is 6.17. The molecule has 2 amide bonds. The van der Waals surface area contributed by atoms with E-state index in [1.54, 1.807) is 0 Å². The van der Waals surface area contributed by atoms with Gasteiger partial charge in [0.05, 0.1) is 6.61 Å². The Hall–Kier alpha value is -2.08. The van der Waals surface area contributed by atoms with E-state index in [1.807, 2.05) is 4.90 Å². The predicted molar refractivity (Wildman–Crippen MR) is 93.3 cm³/mol. The molecule has 6 heteroatoms. The minimum atomic E-state index is -0.309. The molecule has 3 heterocycles. The van der Waals surface area contributed by atoms with Crippen molar-refractivity contribution in [2.45, 2.75) is 38.3 Å². The van der Waals surface area contributed by atoms with E-state index < -0.39 is 0 Å². The number of hydrogen-bond donors (Lipinski definition) is 1. The topological polar surface area (TPSA) is 61.9 Å². The average molecular weight is 343 g/mol. The molecule has 1 aromatic carbocycles. The number of ether oxygens (including phenoxy) is 1. The van der Waals surface area contributed by atoms with Crippen molar-refractivity contribution < 1.29 is 14.3 Å². The standard InChI is InChI=1S/C19H25N3O3/c23-18-5-3-16(20-18)19(24)22-8-1-7-21(9-10-22)13-14-2-4-17-15(12-14)6-11-25-17/h2,4,12,16H,1,3,5-11,13H2,(H,20,23). The zero-order valence-electron chi connectivity index (χ0n) is 14.5. The van der Waals surface area contributed by atoms with Crippen molar-refractivity contribution in [3.8, 4) is 5.75 Å². The second kappa shape index (κ2) is 7.04. The Labute approximate surface area is 148 Å². The highest BCUT2D eigenvalue weighted by molar-refractivity contribution is 5.90. The Balaban J connectivity index is 1.33. The molecule has 2 fully saturated rings. The molecule has 3 aliphatic rings. The van der Waals surface area contributed by atoms with Crippen LogP contribution in [0.25, 0.3) is 0 Å². The first-order valence-corrected chi connectivity index (χ1v) is 9.24. The summed E-state index contributed by atoms with van der Waals surface area (Å²) in [5, 5.41) is 2.79. The molecule has 6 nitrogen and oxygen atoms in total. The molecule has 134 valence electrons. The normalized spacial score (nSPS) is 23.8. The molecule has 2 saturated heterocycles. The van der Waals surface area contributed by atoms with Crippen molar-refractivity contribution in [1.29, 1.82) is 0 Å². The van der Waals surface area contributed by atoms with Gasteiger partial charge >= 0.3 is 0 Å². The van der Waals surface area contributed by atoms with Gasteiger partial charge in [0.1, 0.15) is 11.8 Å². The summed E-state index contributed by atoms with van der Waals surface area (Å²) in [4.78, 5) is 28.3. The molecular weight excluding hydrogens is 318 g/mol. The number of nitrogens with zero attached hydrogens (tertiary/aromatic N) is 2. The summed E-state index contributed by atoms with van der Waals surface area (Å²) in [6.45, 7) is 5.08. The summed E-state index contributed by atoms with van der Waals surface area (Å²) in [7, 11) is 0. The molecule has 0 radical (unpaired) electrons. The number of hydrogen-bond acceptors (Lipinski definition) is 4. The van der Waals surface area contributed by atoms with E-state index in [9.17, 15) is 9.59 Å². The Morgan fingerprint density at radius 1 is 1.20 bits per heavy atom. The summed E-state index contributed by atoms with van der Waals surface area (Å²) in [5.74, 6) is 1.10. The number of benzene rings is 1. The largest absolute Gasteiger partial charge is 0.493 e. The molecule has 25 heavy (non-hydrogen) atoms. The third-order valence-electron chi connectivity index (χ3n) is 5.35. The van der Waals surface area contributed by atoms with Crippen LogP contribution in [-0.2, 0) is 22.6 Å². The average Bonchev–Trinajstić information content (AvgIpc) is 3.18. The van der Waals surface area contributed by atoms with Gasteiger partial charge in [-0.2, -0.15) is 0 Å². The van der Waals surface area contributed by atoms with Gasteiger partial charge < -0.3 is 15.0 Å². The zero-order chi connectivity index (χ0) is 17.2. The highest BCUT2D eigenvalue weighted by atomic mass is 16.5. The van der Waals surface area contributed by atoms with E-state index in [0.29, 0.717) is 12.8 Å². The van der Waals surface area contributed by atoms with Gasteiger partial charge in [-0.1, -0.05) is 12.1 Å². The first kappa shape index (κ1) is 16.4. The van der Waals surface area contributed by atoms with E-state index in [0.717, 1.165) is 57.9 Å². The first-order chi connectivity index (χ1) is 12.2. The lowest BCUT2D eigenvalue weighted by molar-refractivity contribution is -0.134. The minimum absolute atomic E-state index is 0.00427. The van der Waals surface area contributed by atoms with Gasteiger partial charge in [-0.25, -0.2) is 0 Å². The van der Waals surface area contributed by atoms with E-state index in [4.69, 9.17) is 4.74 Å². The highest BCUT2D eigenvalue weighted by Gasteiger charge is 2.31. The zero-order valence-corrected chi connectivity index (χ0v) is 14.5. The van der Waals surface area contributed by atoms with Crippen molar-refractivity contribution in [2.24, 2.45) is 0 Å². The van der Waals surface area contributed by atoms with Crippen LogP contribution in [0.4, 0.5) is 0 Å². The van der Waals surface area contributed by atoms with Crippen LogP contribution >= 0.6 is 0 Å². The molecule has 3 aliphatic heterocycles. The second-order valence-corrected chi connectivity index (χ2v) is 7.15. The third kappa shape index (κ3) is 3.63. The second-order valence-electron chi connectivity index (χ2n) is 7.15. The monoisotopic (exact) mass is 343 g/mol. The summed E-state index contributed by atoms with van der Waals surface area (Å²) < 4.78 is 5.57. The Morgan fingerprint density at radius 3 is 2.96 bits per heavy atom. The number of carbonyl (C=O) groups is 2. The third-order valence-corrected chi connectivity index (χ3v) is 5.35. The summed E-state index contributed by atoms with van der Waals surface area (Å²) >= 11 is 0. The van der Waals surface area contributed by atoms with Gasteiger partial charge in [0.15, 0.2) is 0 Å². The molecule has 4 rings (SSSR count). The van der Waals surface area contributed by atoms with Crippen LogP contribution in [0.15, 0.2) is 18.2 Å². The molecule has 1 atom stereocenters. The Kier molecular flexibility index (Phi) is 4.61. The lowest BCUT2D eigenvalue weighted by atomic mass is 10.1. The number of carbonyl (C=O) groups excluding carboxylic acids is 2. The maximum atomic E-state index is 12.6. The molecule has 0 spiro atoms. The molecule has 0 aromatic heterocycles. The number of nitrogens with one attached hydrogen (secondary N) is 1. The van der Waals surface area contributed by atoms with Crippen molar-refractivity contribution in [2.75, 3.05) is 32.8 Å². The van der Waals surface area contributed by atoms with Gasteiger partial charge in [-0.05, 0) is 30.0 Å². The SMILES string of the molecule is O=C1CCC(C(=O)N2CCCN(Cc3ccc4c(c3)CCO4)CC2)N1. The maximum absolute atomic E-state index is 12.6. The number of amides is 2.